The normalized spacial score (nSPS) is 20.9. The molecular formula is C14H19NSe. The van der Waals surface area contributed by atoms with Crippen LogP contribution in [0.3, 0.4) is 0 Å². The number of hydrogen-bond acceptors (Lipinski definition) is 1. The molecule has 2 rings (SSSR count). The number of nitrogens with zero attached hydrogens (tertiary/aromatic N) is 1. The van der Waals surface area contributed by atoms with Gasteiger partial charge in [0.2, 0.25) is 0 Å². The van der Waals surface area contributed by atoms with Gasteiger partial charge in [0.05, 0.1) is 0 Å². The van der Waals surface area contributed by atoms with Gasteiger partial charge in [-0.25, -0.2) is 0 Å². The Morgan fingerprint density at radius 3 is 2.50 bits per heavy atom. The summed E-state index contributed by atoms with van der Waals surface area (Å²) in [7, 11) is 0. The van der Waals surface area contributed by atoms with Gasteiger partial charge in [0.1, 0.15) is 0 Å². The third kappa shape index (κ3) is 2.75. The third-order valence-electron chi connectivity index (χ3n) is 3.08. The summed E-state index contributed by atoms with van der Waals surface area (Å²) in [6.45, 7) is 6.89. The van der Waals surface area contributed by atoms with Crippen LogP contribution in [0, 0.1) is 0 Å². The topological polar surface area (TPSA) is 12.4 Å². The fourth-order valence-corrected chi connectivity index (χ4v) is 4.64. The van der Waals surface area contributed by atoms with Crippen molar-refractivity contribution in [1.29, 1.82) is 0 Å². The molecule has 2 heteroatoms. The molecule has 1 aromatic rings. The molecule has 1 nitrogen and oxygen atoms in total. The van der Waals surface area contributed by atoms with E-state index >= 15 is 0 Å². The van der Waals surface area contributed by atoms with Gasteiger partial charge in [0, 0.05) is 0 Å². The van der Waals surface area contributed by atoms with E-state index < -0.39 is 0 Å². The van der Waals surface area contributed by atoms with E-state index in [0.717, 1.165) is 0 Å². The summed E-state index contributed by atoms with van der Waals surface area (Å²) in [4.78, 5) is 4.79. The molecular weight excluding hydrogens is 261 g/mol. The number of rotatable bonds is 3. The zero-order valence-electron chi connectivity index (χ0n) is 10.2. The summed E-state index contributed by atoms with van der Waals surface area (Å²) < 4.78 is 1.83. The maximum atomic E-state index is 4.79. The fourth-order valence-electron chi connectivity index (χ4n) is 2.10. The van der Waals surface area contributed by atoms with Crippen LogP contribution in [0.4, 0.5) is 0 Å². The maximum absolute atomic E-state index is 4.79. The molecule has 0 saturated heterocycles. The Hall–Kier alpha value is -0.591. The number of aliphatic imine (C=N–C) groups is 1. The van der Waals surface area contributed by atoms with Crippen LogP contribution in [0.25, 0.3) is 0 Å². The van der Waals surface area contributed by atoms with Crippen molar-refractivity contribution in [1.82, 2.24) is 0 Å². The van der Waals surface area contributed by atoms with Gasteiger partial charge in [0.25, 0.3) is 0 Å². The summed E-state index contributed by atoms with van der Waals surface area (Å²) in [5, 5.41) is 0. The summed E-state index contributed by atoms with van der Waals surface area (Å²) >= 11 is 0.507. The minimum atomic E-state index is 0.339. The molecule has 86 valence electrons. The summed E-state index contributed by atoms with van der Waals surface area (Å²) in [5.41, 5.74) is 1.34. The Kier molecular flexibility index (Phi) is 3.51. The average Bonchev–Trinajstić information content (AvgIpc) is 2.66. The first-order valence-electron chi connectivity index (χ1n) is 5.85. The molecule has 1 heterocycles. The monoisotopic (exact) mass is 281 g/mol. The molecule has 1 aromatic carbocycles. The van der Waals surface area contributed by atoms with Crippen molar-refractivity contribution >= 4 is 25.1 Å². The van der Waals surface area contributed by atoms with E-state index in [1.165, 1.54) is 23.0 Å². The Balaban J connectivity index is 2.08. The SMILES string of the molecule is CC1=NC(C(C)(C)[Se]c2ccccc2)CC1. The molecule has 1 aliphatic heterocycles. The molecule has 0 spiro atoms. The van der Waals surface area contributed by atoms with Crippen LogP contribution in [-0.2, 0) is 0 Å². The summed E-state index contributed by atoms with van der Waals surface area (Å²) in [6.07, 6.45) is 2.44. The second-order valence-corrected chi connectivity index (χ2v) is 8.56. The number of hydrogen-bond donors (Lipinski definition) is 0. The molecule has 1 aliphatic rings. The zero-order valence-corrected chi connectivity index (χ0v) is 11.9. The van der Waals surface area contributed by atoms with E-state index in [-0.39, 0.29) is 0 Å². The molecule has 16 heavy (non-hydrogen) atoms. The average molecular weight is 280 g/mol. The quantitative estimate of drug-likeness (QED) is 0.755. The van der Waals surface area contributed by atoms with Crippen molar-refractivity contribution in [2.45, 2.75) is 44.0 Å². The molecule has 0 bridgehead atoms. The van der Waals surface area contributed by atoms with Gasteiger partial charge in [-0.1, -0.05) is 0 Å². The van der Waals surface area contributed by atoms with Crippen molar-refractivity contribution in [2.75, 3.05) is 0 Å². The van der Waals surface area contributed by atoms with Crippen LogP contribution in [0.2, 0.25) is 4.31 Å². The molecule has 1 unspecified atom stereocenters. The molecule has 0 radical (unpaired) electrons. The van der Waals surface area contributed by atoms with Crippen LogP contribution < -0.4 is 4.46 Å². The standard InChI is InChI=1S/C14H19NSe/c1-11-9-10-13(15-11)14(2,3)16-12-7-5-4-6-8-12/h4-8,13H,9-10H2,1-3H3. The van der Waals surface area contributed by atoms with Crippen molar-refractivity contribution in [3.8, 4) is 0 Å². The van der Waals surface area contributed by atoms with Crippen LogP contribution in [0.1, 0.15) is 33.6 Å². The van der Waals surface area contributed by atoms with Gasteiger partial charge in [-0.05, 0) is 0 Å². The Labute approximate surface area is 105 Å². The summed E-state index contributed by atoms with van der Waals surface area (Å²) in [5.74, 6) is 0. The second-order valence-electron chi connectivity index (χ2n) is 4.94. The summed E-state index contributed by atoms with van der Waals surface area (Å²) in [6, 6.07) is 11.4. The van der Waals surface area contributed by atoms with Gasteiger partial charge in [0.15, 0.2) is 0 Å². The van der Waals surface area contributed by atoms with Crippen molar-refractivity contribution in [3.05, 3.63) is 30.3 Å². The molecule has 0 fully saturated rings. The Morgan fingerprint density at radius 1 is 1.25 bits per heavy atom. The predicted molar refractivity (Wildman–Crippen MR) is 72.0 cm³/mol. The van der Waals surface area contributed by atoms with E-state index in [0.29, 0.717) is 25.3 Å². The molecule has 0 aromatic heterocycles. The third-order valence-corrected chi connectivity index (χ3v) is 5.82. The van der Waals surface area contributed by atoms with Crippen molar-refractivity contribution in [2.24, 2.45) is 4.99 Å². The van der Waals surface area contributed by atoms with Gasteiger partial charge < -0.3 is 0 Å². The van der Waals surface area contributed by atoms with Gasteiger partial charge in [-0.3, -0.25) is 0 Å². The van der Waals surface area contributed by atoms with Crippen LogP contribution >= 0.6 is 0 Å². The van der Waals surface area contributed by atoms with Crippen LogP contribution in [0.5, 0.6) is 0 Å². The molecule has 0 aliphatic carbocycles. The van der Waals surface area contributed by atoms with E-state index in [9.17, 15) is 0 Å². The van der Waals surface area contributed by atoms with E-state index in [2.05, 4.69) is 51.1 Å². The zero-order chi connectivity index (χ0) is 11.6. The molecule has 0 amide bonds. The predicted octanol–water partition coefficient (Wildman–Crippen LogP) is 2.84. The molecule has 0 N–H and O–H groups in total. The second kappa shape index (κ2) is 4.73. The van der Waals surface area contributed by atoms with Gasteiger partial charge >= 0.3 is 104 Å². The van der Waals surface area contributed by atoms with Crippen LogP contribution in [0.15, 0.2) is 35.3 Å². The number of benzene rings is 1. The van der Waals surface area contributed by atoms with Crippen molar-refractivity contribution in [3.63, 3.8) is 0 Å². The van der Waals surface area contributed by atoms with E-state index in [1.807, 2.05) is 0 Å². The Morgan fingerprint density at radius 2 is 1.94 bits per heavy atom. The first-order valence-corrected chi connectivity index (χ1v) is 7.56. The minimum absolute atomic E-state index is 0.339. The van der Waals surface area contributed by atoms with Crippen LogP contribution in [-0.4, -0.2) is 26.7 Å². The first-order chi connectivity index (χ1) is 7.58. The van der Waals surface area contributed by atoms with Gasteiger partial charge in [-0.15, -0.1) is 0 Å². The van der Waals surface area contributed by atoms with E-state index in [1.54, 1.807) is 0 Å². The van der Waals surface area contributed by atoms with Gasteiger partial charge in [-0.2, -0.15) is 0 Å². The first kappa shape index (κ1) is 11.9. The fraction of sp³-hybridized carbons (Fsp3) is 0.500. The Bertz CT molecular complexity index is 381. The molecule has 0 saturated carbocycles. The van der Waals surface area contributed by atoms with E-state index in [4.69, 9.17) is 4.99 Å². The molecule has 1 atom stereocenters. The van der Waals surface area contributed by atoms with Crippen molar-refractivity contribution < 1.29 is 0 Å².